The van der Waals surface area contributed by atoms with Crippen molar-refractivity contribution in [1.29, 1.82) is 0 Å². The molecule has 2 N–H and O–H groups in total. The summed E-state index contributed by atoms with van der Waals surface area (Å²) in [5.41, 5.74) is 5.31. The Morgan fingerprint density at radius 1 is 1.04 bits per heavy atom. The molecule has 3 aromatic rings. The Morgan fingerprint density at radius 3 is 2.69 bits per heavy atom. The van der Waals surface area contributed by atoms with E-state index >= 15 is 0 Å². The molecule has 1 aliphatic carbocycles. The average molecular weight is 386 g/mol. The zero-order chi connectivity index (χ0) is 18.1. The molecule has 0 aliphatic heterocycles. The van der Waals surface area contributed by atoms with Crippen LogP contribution in [0, 0.1) is 0 Å². The van der Waals surface area contributed by atoms with Gasteiger partial charge in [-0.05, 0) is 49.9 Å². The molecule has 4 nitrogen and oxygen atoms in total. The summed E-state index contributed by atoms with van der Waals surface area (Å²) >= 11 is 12.0. The number of hydrogen-bond donors (Lipinski definition) is 2. The van der Waals surface area contributed by atoms with E-state index in [-0.39, 0.29) is 5.91 Å². The first-order valence-electron chi connectivity index (χ1n) is 8.55. The lowest BCUT2D eigenvalue weighted by Gasteiger charge is -2.13. The first-order chi connectivity index (χ1) is 12.6. The van der Waals surface area contributed by atoms with Gasteiger partial charge in [0, 0.05) is 28.1 Å². The van der Waals surface area contributed by atoms with Crippen LogP contribution in [0.3, 0.4) is 0 Å². The van der Waals surface area contributed by atoms with Gasteiger partial charge in [0.1, 0.15) is 0 Å². The fourth-order valence-electron chi connectivity index (χ4n) is 3.36. The van der Waals surface area contributed by atoms with Gasteiger partial charge in [0.25, 0.3) is 5.91 Å². The number of fused-ring (bicyclic) bond motifs is 1. The molecule has 0 radical (unpaired) electrons. The summed E-state index contributed by atoms with van der Waals surface area (Å²) in [6.07, 6.45) is 4.33. The molecule has 1 aromatic heterocycles. The molecule has 26 heavy (non-hydrogen) atoms. The van der Waals surface area contributed by atoms with Crippen molar-refractivity contribution in [2.45, 2.75) is 25.7 Å². The molecule has 0 fully saturated rings. The number of hydrogen-bond acceptors (Lipinski definition) is 2. The number of aromatic amines is 1. The predicted octanol–water partition coefficient (Wildman–Crippen LogP) is 5.51. The van der Waals surface area contributed by atoms with Gasteiger partial charge < -0.3 is 5.32 Å². The van der Waals surface area contributed by atoms with Crippen LogP contribution in [-0.2, 0) is 12.8 Å². The minimum Gasteiger partial charge on any atom is -0.322 e. The van der Waals surface area contributed by atoms with Crippen molar-refractivity contribution in [2.75, 3.05) is 5.32 Å². The van der Waals surface area contributed by atoms with Crippen LogP contribution in [0.4, 0.5) is 5.69 Å². The van der Waals surface area contributed by atoms with E-state index in [0.29, 0.717) is 21.3 Å². The van der Waals surface area contributed by atoms with Gasteiger partial charge in [-0.1, -0.05) is 41.4 Å². The Bertz CT molecular complexity index is 981. The topological polar surface area (TPSA) is 57.8 Å². The van der Waals surface area contributed by atoms with Crippen LogP contribution in [0.15, 0.2) is 42.5 Å². The molecule has 0 spiro atoms. The van der Waals surface area contributed by atoms with Crippen molar-refractivity contribution in [2.24, 2.45) is 0 Å². The van der Waals surface area contributed by atoms with E-state index in [1.165, 1.54) is 17.7 Å². The second kappa shape index (κ2) is 7.14. The fraction of sp³-hybridized carbons (Fsp3) is 0.200. The van der Waals surface area contributed by atoms with Gasteiger partial charge in [0.05, 0.1) is 15.7 Å². The van der Waals surface area contributed by atoms with E-state index in [1.54, 1.807) is 18.2 Å². The average Bonchev–Trinajstić information content (AvgIpc) is 3.09. The van der Waals surface area contributed by atoms with E-state index < -0.39 is 0 Å². The predicted molar refractivity (Wildman–Crippen MR) is 105 cm³/mol. The van der Waals surface area contributed by atoms with Gasteiger partial charge in [-0.3, -0.25) is 9.89 Å². The van der Waals surface area contributed by atoms with Crippen molar-refractivity contribution in [3.05, 3.63) is 69.3 Å². The van der Waals surface area contributed by atoms with Gasteiger partial charge >= 0.3 is 0 Å². The maximum absolute atomic E-state index is 12.9. The monoisotopic (exact) mass is 385 g/mol. The van der Waals surface area contributed by atoms with Gasteiger partial charge in [-0.25, -0.2) is 0 Å². The lowest BCUT2D eigenvalue weighted by atomic mass is 9.92. The second-order valence-electron chi connectivity index (χ2n) is 6.37. The third kappa shape index (κ3) is 3.22. The number of amides is 1. The molecule has 4 rings (SSSR count). The third-order valence-corrected chi connectivity index (χ3v) is 5.40. The van der Waals surface area contributed by atoms with Crippen LogP contribution >= 0.6 is 23.2 Å². The number of carbonyl (C=O) groups excluding carboxylic acids is 1. The number of aromatic nitrogens is 2. The lowest BCUT2D eigenvalue weighted by molar-refractivity contribution is 0.102. The summed E-state index contributed by atoms with van der Waals surface area (Å²) < 4.78 is 0. The molecular formula is C20H17Cl2N3O. The van der Waals surface area contributed by atoms with E-state index in [9.17, 15) is 4.79 Å². The lowest BCUT2D eigenvalue weighted by Crippen LogP contribution is -2.13. The highest BCUT2D eigenvalue weighted by atomic mass is 35.5. The Balaban J connectivity index is 1.68. The summed E-state index contributed by atoms with van der Waals surface area (Å²) in [5, 5.41) is 11.4. The summed E-state index contributed by atoms with van der Waals surface area (Å²) in [5.74, 6) is -0.202. The van der Waals surface area contributed by atoms with E-state index in [0.717, 1.165) is 30.5 Å². The van der Waals surface area contributed by atoms with Crippen LogP contribution in [0.2, 0.25) is 10.0 Å². The molecular weight excluding hydrogens is 369 g/mol. The normalized spacial score (nSPS) is 13.3. The number of benzene rings is 2. The number of nitrogens with one attached hydrogen (secondary N) is 2. The first kappa shape index (κ1) is 17.1. The van der Waals surface area contributed by atoms with Crippen LogP contribution in [-0.4, -0.2) is 16.1 Å². The molecule has 0 saturated heterocycles. The van der Waals surface area contributed by atoms with Gasteiger partial charge in [0.2, 0.25) is 0 Å². The van der Waals surface area contributed by atoms with E-state index in [1.807, 2.05) is 24.3 Å². The number of H-pyrrole nitrogens is 1. The molecule has 0 saturated carbocycles. The van der Waals surface area contributed by atoms with Crippen LogP contribution < -0.4 is 5.32 Å². The Labute approximate surface area is 161 Å². The second-order valence-corrected chi connectivity index (χ2v) is 7.18. The quantitative estimate of drug-likeness (QED) is 0.623. The van der Waals surface area contributed by atoms with Crippen molar-refractivity contribution in [3.63, 3.8) is 0 Å². The maximum atomic E-state index is 12.9. The van der Waals surface area contributed by atoms with Crippen LogP contribution in [0.1, 0.15) is 34.5 Å². The number of halogens is 2. The van der Waals surface area contributed by atoms with Gasteiger partial charge in [0.15, 0.2) is 0 Å². The number of anilines is 1. The SMILES string of the molecule is O=C(Nc1ccc(Cl)c(Cl)c1)c1ccccc1-c1n[nH]c2c1CCCC2. The molecule has 2 aromatic carbocycles. The van der Waals surface area contributed by atoms with Crippen molar-refractivity contribution >= 4 is 34.8 Å². The summed E-state index contributed by atoms with van der Waals surface area (Å²) in [6, 6.07) is 12.6. The largest absolute Gasteiger partial charge is 0.322 e. The molecule has 0 atom stereocenters. The molecule has 1 heterocycles. The highest BCUT2D eigenvalue weighted by molar-refractivity contribution is 6.42. The Morgan fingerprint density at radius 2 is 1.85 bits per heavy atom. The van der Waals surface area contributed by atoms with Gasteiger partial charge in [-0.2, -0.15) is 5.10 Å². The first-order valence-corrected chi connectivity index (χ1v) is 9.31. The summed E-state index contributed by atoms with van der Waals surface area (Å²) in [6.45, 7) is 0. The summed E-state index contributed by atoms with van der Waals surface area (Å²) in [7, 11) is 0. The minimum atomic E-state index is -0.202. The Kier molecular flexibility index (Phi) is 4.70. The maximum Gasteiger partial charge on any atom is 0.256 e. The standard InChI is InChI=1S/C20H17Cl2N3O/c21-16-10-9-12(11-17(16)22)23-20(26)14-6-2-1-5-13(14)19-15-7-3-4-8-18(15)24-25-19/h1-2,5-6,9-11H,3-4,7-8H2,(H,23,26)(H,24,25). The van der Waals surface area contributed by atoms with Crippen molar-refractivity contribution in [3.8, 4) is 11.3 Å². The molecule has 1 aliphatic rings. The minimum absolute atomic E-state index is 0.202. The van der Waals surface area contributed by atoms with Gasteiger partial charge in [-0.15, -0.1) is 0 Å². The highest BCUT2D eigenvalue weighted by Crippen LogP contribution is 2.32. The number of nitrogens with zero attached hydrogens (tertiary/aromatic N) is 1. The molecule has 1 amide bonds. The highest BCUT2D eigenvalue weighted by Gasteiger charge is 2.21. The molecule has 0 bridgehead atoms. The van der Waals surface area contributed by atoms with Crippen molar-refractivity contribution < 1.29 is 4.79 Å². The Hall–Kier alpha value is -2.30. The number of carbonyl (C=O) groups is 1. The van der Waals surface area contributed by atoms with Crippen LogP contribution in [0.5, 0.6) is 0 Å². The summed E-state index contributed by atoms with van der Waals surface area (Å²) in [4.78, 5) is 12.9. The van der Waals surface area contributed by atoms with Crippen molar-refractivity contribution in [1.82, 2.24) is 10.2 Å². The molecule has 0 unspecified atom stereocenters. The molecule has 132 valence electrons. The smallest absolute Gasteiger partial charge is 0.256 e. The molecule has 6 heteroatoms. The fourth-order valence-corrected chi connectivity index (χ4v) is 3.66. The zero-order valence-electron chi connectivity index (χ0n) is 14.0. The zero-order valence-corrected chi connectivity index (χ0v) is 15.5. The third-order valence-electron chi connectivity index (χ3n) is 4.66. The number of aryl methyl sites for hydroxylation is 1. The number of rotatable bonds is 3. The van der Waals surface area contributed by atoms with E-state index in [4.69, 9.17) is 23.2 Å². The van der Waals surface area contributed by atoms with Crippen LogP contribution in [0.25, 0.3) is 11.3 Å². The van der Waals surface area contributed by atoms with E-state index in [2.05, 4.69) is 15.5 Å².